The quantitative estimate of drug-likeness (QED) is 0.825. The summed E-state index contributed by atoms with van der Waals surface area (Å²) >= 11 is 3.17. The SMILES string of the molecule is O=C(Nc1cccc(CO)c1)c1cccc(OCBr)c1. The van der Waals surface area contributed by atoms with E-state index < -0.39 is 0 Å². The first kappa shape index (κ1) is 14.6. The number of carbonyl (C=O) groups is 1. The van der Waals surface area contributed by atoms with E-state index in [0.717, 1.165) is 5.56 Å². The van der Waals surface area contributed by atoms with Crippen LogP contribution in [-0.2, 0) is 6.61 Å². The molecule has 20 heavy (non-hydrogen) atoms. The summed E-state index contributed by atoms with van der Waals surface area (Å²) in [4.78, 5) is 12.1. The van der Waals surface area contributed by atoms with Gasteiger partial charge in [0.05, 0.1) is 6.61 Å². The summed E-state index contributed by atoms with van der Waals surface area (Å²) in [6.45, 7) is -0.0573. The number of aliphatic hydroxyl groups excluding tert-OH is 1. The highest BCUT2D eigenvalue weighted by Gasteiger charge is 2.07. The molecule has 0 spiro atoms. The molecule has 0 atom stereocenters. The number of aliphatic hydroxyl groups is 1. The zero-order chi connectivity index (χ0) is 14.4. The summed E-state index contributed by atoms with van der Waals surface area (Å²) in [6, 6.07) is 14.0. The highest BCUT2D eigenvalue weighted by molar-refractivity contribution is 9.09. The van der Waals surface area contributed by atoms with Crippen molar-refractivity contribution in [1.82, 2.24) is 0 Å². The van der Waals surface area contributed by atoms with Crippen molar-refractivity contribution in [1.29, 1.82) is 0 Å². The standard InChI is InChI=1S/C15H14BrNO3/c16-10-20-14-6-2-4-12(8-14)15(19)17-13-5-1-3-11(7-13)9-18/h1-8,18H,9-10H2,(H,17,19). The maximum Gasteiger partial charge on any atom is 0.255 e. The third-order valence-corrected chi connectivity index (χ3v) is 2.91. The van der Waals surface area contributed by atoms with Gasteiger partial charge in [0, 0.05) is 11.3 Å². The summed E-state index contributed by atoms with van der Waals surface area (Å²) in [5, 5.41) is 11.9. The van der Waals surface area contributed by atoms with E-state index >= 15 is 0 Å². The van der Waals surface area contributed by atoms with Crippen molar-refractivity contribution in [2.75, 3.05) is 10.8 Å². The van der Waals surface area contributed by atoms with Crippen molar-refractivity contribution < 1.29 is 14.6 Å². The van der Waals surface area contributed by atoms with Crippen LogP contribution >= 0.6 is 15.9 Å². The number of carbonyl (C=O) groups excluding carboxylic acids is 1. The first-order valence-electron chi connectivity index (χ1n) is 6.03. The Labute approximate surface area is 125 Å². The van der Waals surface area contributed by atoms with Gasteiger partial charge in [-0.05, 0) is 51.8 Å². The number of hydrogen-bond donors (Lipinski definition) is 2. The zero-order valence-corrected chi connectivity index (χ0v) is 12.3. The summed E-state index contributed by atoms with van der Waals surface area (Å²) in [5.41, 5.74) is 2.28. The minimum atomic E-state index is -0.222. The van der Waals surface area contributed by atoms with Gasteiger partial charge in [0.2, 0.25) is 0 Å². The van der Waals surface area contributed by atoms with E-state index in [9.17, 15) is 4.79 Å². The van der Waals surface area contributed by atoms with Gasteiger partial charge in [-0.3, -0.25) is 4.79 Å². The predicted octanol–water partition coefficient (Wildman–Crippen LogP) is 3.16. The first-order valence-corrected chi connectivity index (χ1v) is 7.15. The third kappa shape index (κ3) is 3.82. The molecule has 104 valence electrons. The molecule has 0 radical (unpaired) electrons. The van der Waals surface area contributed by atoms with Crippen molar-refractivity contribution in [2.45, 2.75) is 6.61 Å². The smallest absolute Gasteiger partial charge is 0.255 e. The lowest BCUT2D eigenvalue weighted by atomic mass is 10.1. The number of hydrogen-bond acceptors (Lipinski definition) is 3. The van der Waals surface area contributed by atoms with E-state index in [1.54, 1.807) is 48.5 Å². The minimum Gasteiger partial charge on any atom is -0.482 e. The molecule has 0 heterocycles. The molecule has 0 unspecified atom stereocenters. The van der Waals surface area contributed by atoms with Crippen LogP contribution in [-0.4, -0.2) is 16.5 Å². The third-order valence-electron chi connectivity index (χ3n) is 2.68. The molecule has 0 aliphatic heterocycles. The van der Waals surface area contributed by atoms with Gasteiger partial charge in [-0.1, -0.05) is 18.2 Å². The molecule has 0 fully saturated rings. The van der Waals surface area contributed by atoms with Gasteiger partial charge in [0.25, 0.3) is 5.91 Å². The highest BCUT2D eigenvalue weighted by Crippen LogP contribution is 2.16. The summed E-state index contributed by atoms with van der Waals surface area (Å²) < 4.78 is 5.29. The Hall–Kier alpha value is -1.85. The first-order chi connectivity index (χ1) is 9.72. The van der Waals surface area contributed by atoms with Gasteiger partial charge in [-0.15, -0.1) is 0 Å². The monoisotopic (exact) mass is 335 g/mol. The second-order valence-corrected chi connectivity index (χ2v) is 4.55. The number of benzene rings is 2. The second kappa shape index (κ2) is 7.07. The lowest BCUT2D eigenvalue weighted by molar-refractivity contribution is 0.102. The van der Waals surface area contributed by atoms with E-state index in [2.05, 4.69) is 21.2 Å². The molecule has 2 N–H and O–H groups in total. The van der Waals surface area contributed by atoms with Gasteiger partial charge < -0.3 is 15.2 Å². The molecule has 0 bridgehead atoms. The average Bonchev–Trinajstić information content (AvgIpc) is 2.48. The maximum atomic E-state index is 12.1. The van der Waals surface area contributed by atoms with E-state index in [4.69, 9.17) is 9.84 Å². The van der Waals surface area contributed by atoms with Gasteiger partial charge in [-0.25, -0.2) is 0 Å². The molecule has 4 nitrogen and oxygen atoms in total. The topological polar surface area (TPSA) is 58.6 Å². The fraction of sp³-hybridized carbons (Fsp3) is 0.133. The van der Waals surface area contributed by atoms with Gasteiger partial charge >= 0.3 is 0 Å². The summed E-state index contributed by atoms with van der Waals surface area (Å²) in [7, 11) is 0. The van der Waals surface area contributed by atoms with Crippen LogP contribution in [0.15, 0.2) is 48.5 Å². The Balaban J connectivity index is 2.12. The molecule has 2 aromatic carbocycles. The number of alkyl halides is 1. The van der Waals surface area contributed by atoms with Crippen molar-refractivity contribution in [3.8, 4) is 5.75 Å². The van der Waals surface area contributed by atoms with Gasteiger partial charge in [0.15, 0.2) is 0 Å². The average molecular weight is 336 g/mol. The van der Waals surface area contributed by atoms with Gasteiger partial charge in [-0.2, -0.15) is 0 Å². The van der Waals surface area contributed by atoms with Crippen molar-refractivity contribution >= 4 is 27.5 Å². The number of halogens is 1. The number of ether oxygens (including phenoxy) is 1. The minimum absolute atomic E-state index is 0.0573. The molecule has 1 amide bonds. The Kier molecular flexibility index (Phi) is 5.15. The Morgan fingerprint density at radius 1 is 1.20 bits per heavy atom. The van der Waals surface area contributed by atoms with Crippen LogP contribution in [0.3, 0.4) is 0 Å². The maximum absolute atomic E-state index is 12.1. The predicted molar refractivity (Wildman–Crippen MR) is 81.2 cm³/mol. The van der Waals surface area contributed by atoms with Crippen molar-refractivity contribution in [2.24, 2.45) is 0 Å². The highest BCUT2D eigenvalue weighted by atomic mass is 79.9. The number of amides is 1. The Morgan fingerprint density at radius 3 is 2.75 bits per heavy atom. The zero-order valence-electron chi connectivity index (χ0n) is 10.7. The summed E-state index contributed by atoms with van der Waals surface area (Å²) in [5.74, 6) is 0.402. The molecule has 2 rings (SSSR count). The van der Waals surface area contributed by atoms with Crippen LogP contribution in [0.2, 0.25) is 0 Å². The molecule has 0 saturated carbocycles. The lowest BCUT2D eigenvalue weighted by Crippen LogP contribution is -2.12. The molecule has 0 saturated heterocycles. The van der Waals surface area contributed by atoms with Crippen LogP contribution in [0.4, 0.5) is 5.69 Å². The van der Waals surface area contributed by atoms with E-state index in [-0.39, 0.29) is 12.5 Å². The van der Waals surface area contributed by atoms with Gasteiger partial charge in [0.1, 0.15) is 11.3 Å². The summed E-state index contributed by atoms with van der Waals surface area (Å²) in [6.07, 6.45) is 0. The van der Waals surface area contributed by atoms with Crippen LogP contribution in [0, 0.1) is 0 Å². The van der Waals surface area contributed by atoms with E-state index in [0.29, 0.717) is 22.5 Å². The lowest BCUT2D eigenvalue weighted by Gasteiger charge is -2.08. The van der Waals surface area contributed by atoms with E-state index in [1.165, 1.54) is 0 Å². The normalized spacial score (nSPS) is 10.1. The fourth-order valence-corrected chi connectivity index (χ4v) is 2.01. The number of rotatable bonds is 5. The number of nitrogens with one attached hydrogen (secondary N) is 1. The molecule has 0 aliphatic rings. The van der Waals surface area contributed by atoms with E-state index in [1.807, 2.05) is 0 Å². The van der Waals surface area contributed by atoms with Crippen molar-refractivity contribution in [3.05, 3.63) is 59.7 Å². The Morgan fingerprint density at radius 2 is 2.00 bits per heavy atom. The van der Waals surface area contributed by atoms with Crippen LogP contribution in [0.25, 0.3) is 0 Å². The Bertz CT molecular complexity index is 601. The second-order valence-electron chi connectivity index (χ2n) is 4.09. The van der Waals surface area contributed by atoms with Crippen LogP contribution in [0.1, 0.15) is 15.9 Å². The molecule has 0 aromatic heterocycles. The largest absolute Gasteiger partial charge is 0.482 e. The number of anilines is 1. The molecule has 5 heteroatoms. The fourth-order valence-electron chi connectivity index (χ4n) is 1.74. The molecular weight excluding hydrogens is 322 g/mol. The van der Waals surface area contributed by atoms with Crippen LogP contribution in [0.5, 0.6) is 5.75 Å². The molecule has 2 aromatic rings. The van der Waals surface area contributed by atoms with Crippen LogP contribution < -0.4 is 10.1 Å². The molecular formula is C15H14BrNO3. The van der Waals surface area contributed by atoms with Crippen molar-refractivity contribution in [3.63, 3.8) is 0 Å². The molecule has 0 aliphatic carbocycles.